The molecule has 2 saturated heterocycles. The first-order valence-electron chi connectivity index (χ1n) is 11.2. The van der Waals surface area contributed by atoms with Crippen LogP contribution in [0, 0.1) is 6.92 Å². The Bertz CT molecular complexity index is 687. The third kappa shape index (κ3) is 6.12. The van der Waals surface area contributed by atoms with E-state index in [2.05, 4.69) is 65.6 Å². The van der Waals surface area contributed by atoms with Gasteiger partial charge in [-0.3, -0.25) is 9.79 Å². The van der Waals surface area contributed by atoms with E-state index in [0.717, 1.165) is 51.4 Å². The number of rotatable bonds is 6. The molecular weight excluding hydrogens is 362 g/mol. The fraction of sp³-hybridized carbons (Fsp3) is 0.652. The maximum Gasteiger partial charge on any atom is 0.224 e. The first-order valence-corrected chi connectivity index (χ1v) is 11.2. The number of nitrogens with one attached hydrogen (secondary N) is 2. The fourth-order valence-corrected chi connectivity index (χ4v) is 4.26. The Morgan fingerprint density at radius 3 is 2.69 bits per heavy atom. The molecule has 2 fully saturated rings. The summed E-state index contributed by atoms with van der Waals surface area (Å²) in [7, 11) is 0. The Labute approximate surface area is 175 Å². The highest BCUT2D eigenvalue weighted by Crippen LogP contribution is 2.21. The van der Waals surface area contributed by atoms with Gasteiger partial charge in [0.1, 0.15) is 0 Å². The number of aliphatic imine (C=N–C) groups is 1. The van der Waals surface area contributed by atoms with E-state index < -0.39 is 0 Å². The highest BCUT2D eigenvalue weighted by Gasteiger charge is 2.24. The second kappa shape index (κ2) is 10.5. The molecule has 160 valence electrons. The van der Waals surface area contributed by atoms with Gasteiger partial charge in [-0.05, 0) is 58.6 Å². The third-order valence-electron chi connectivity index (χ3n) is 5.99. The van der Waals surface area contributed by atoms with Crippen LogP contribution in [0.4, 0.5) is 5.69 Å². The van der Waals surface area contributed by atoms with Gasteiger partial charge >= 0.3 is 0 Å². The summed E-state index contributed by atoms with van der Waals surface area (Å²) in [5, 5.41) is 6.89. The van der Waals surface area contributed by atoms with Crippen LogP contribution in [0.1, 0.15) is 51.5 Å². The number of carbonyl (C=O) groups excluding carboxylic acids is 1. The van der Waals surface area contributed by atoms with Crippen molar-refractivity contribution in [1.29, 1.82) is 0 Å². The van der Waals surface area contributed by atoms with Gasteiger partial charge in [-0.25, -0.2) is 0 Å². The summed E-state index contributed by atoms with van der Waals surface area (Å²) < 4.78 is 0. The lowest BCUT2D eigenvalue weighted by Crippen LogP contribution is -2.45. The van der Waals surface area contributed by atoms with Crippen molar-refractivity contribution in [2.45, 2.75) is 65.0 Å². The van der Waals surface area contributed by atoms with Crippen molar-refractivity contribution in [3.63, 3.8) is 0 Å². The number of likely N-dealkylation sites (tertiary alicyclic amines) is 1. The van der Waals surface area contributed by atoms with Gasteiger partial charge in [-0.1, -0.05) is 17.7 Å². The molecule has 0 radical (unpaired) electrons. The number of anilines is 1. The minimum atomic E-state index is 0.239. The largest absolute Gasteiger partial charge is 0.369 e. The van der Waals surface area contributed by atoms with E-state index in [0.29, 0.717) is 25.0 Å². The summed E-state index contributed by atoms with van der Waals surface area (Å²) in [6, 6.07) is 9.47. The van der Waals surface area contributed by atoms with Crippen LogP contribution in [0.5, 0.6) is 0 Å². The molecule has 0 saturated carbocycles. The predicted molar refractivity (Wildman–Crippen MR) is 121 cm³/mol. The zero-order valence-corrected chi connectivity index (χ0v) is 18.3. The highest BCUT2D eigenvalue weighted by molar-refractivity contribution is 5.81. The van der Waals surface area contributed by atoms with Crippen molar-refractivity contribution in [3.8, 4) is 0 Å². The molecule has 1 aromatic rings. The van der Waals surface area contributed by atoms with E-state index in [4.69, 9.17) is 0 Å². The molecule has 2 unspecified atom stereocenters. The van der Waals surface area contributed by atoms with E-state index >= 15 is 0 Å². The molecule has 0 aromatic heterocycles. The molecule has 0 aliphatic carbocycles. The number of hydrogen-bond acceptors (Lipinski definition) is 3. The minimum Gasteiger partial charge on any atom is -0.369 e. The summed E-state index contributed by atoms with van der Waals surface area (Å²) >= 11 is 0. The molecule has 2 heterocycles. The van der Waals surface area contributed by atoms with Crippen molar-refractivity contribution < 1.29 is 4.79 Å². The van der Waals surface area contributed by atoms with E-state index in [1.54, 1.807) is 0 Å². The number of guanidine groups is 1. The van der Waals surface area contributed by atoms with Crippen molar-refractivity contribution in [1.82, 2.24) is 15.5 Å². The normalized spacial score (nSPS) is 22.7. The fourth-order valence-electron chi connectivity index (χ4n) is 4.26. The summed E-state index contributed by atoms with van der Waals surface area (Å²) in [6.07, 6.45) is 5.06. The average Bonchev–Trinajstić information content (AvgIpc) is 3.17. The first-order chi connectivity index (χ1) is 14.1. The molecule has 0 bridgehead atoms. The molecule has 1 aromatic carbocycles. The summed E-state index contributed by atoms with van der Waals surface area (Å²) in [4.78, 5) is 21.7. The van der Waals surface area contributed by atoms with Crippen LogP contribution >= 0.6 is 0 Å². The van der Waals surface area contributed by atoms with Gasteiger partial charge in [0.25, 0.3) is 0 Å². The van der Waals surface area contributed by atoms with E-state index in [-0.39, 0.29) is 5.91 Å². The van der Waals surface area contributed by atoms with E-state index in [1.165, 1.54) is 17.7 Å². The van der Waals surface area contributed by atoms with Crippen LogP contribution in [0.25, 0.3) is 0 Å². The zero-order chi connectivity index (χ0) is 20.6. The maximum absolute atomic E-state index is 12.5. The highest BCUT2D eigenvalue weighted by atomic mass is 16.2. The molecule has 6 nitrogen and oxygen atoms in total. The molecule has 2 atom stereocenters. The minimum absolute atomic E-state index is 0.239. The quantitative estimate of drug-likeness (QED) is 0.570. The number of aryl methyl sites for hydroxylation is 1. The van der Waals surface area contributed by atoms with Crippen LogP contribution in [0.15, 0.2) is 29.3 Å². The number of amides is 1. The average molecular weight is 400 g/mol. The summed E-state index contributed by atoms with van der Waals surface area (Å²) in [5.41, 5.74) is 2.57. The molecule has 6 heteroatoms. The number of nitrogens with zero attached hydrogens (tertiary/aromatic N) is 3. The van der Waals surface area contributed by atoms with Gasteiger partial charge in [0, 0.05) is 50.4 Å². The van der Waals surface area contributed by atoms with E-state index in [1.807, 2.05) is 4.90 Å². The van der Waals surface area contributed by atoms with Crippen molar-refractivity contribution >= 4 is 17.6 Å². The van der Waals surface area contributed by atoms with Crippen LogP contribution in [0.2, 0.25) is 0 Å². The van der Waals surface area contributed by atoms with Gasteiger partial charge in [0.2, 0.25) is 5.91 Å². The lowest BCUT2D eigenvalue weighted by atomic mass is 10.0. The summed E-state index contributed by atoms with van der Waals surface area (Å²) in [5.74, 6) is 1.06. The predicted octanol–water partition coefficient (Wildman–Crippen LogP) is 2.92. The van der Waals surface area contributed by atoms with Gasteiger partial charge in [0.15, 0.2) is 5.96 Å². The second-order valence-electron chi connectivity index (χ2n) is 8.35. The molecule has 29 heavy (non-hydrogen) atoms. The Balaban J connectivity index is 1.49. The Morgan fingerprint density at radius 1 is 1.17 bits per heavy atom. The third-order valence-corrected chi connectivity index (χ3v) is 5.99. The van der Waals surface area contributed by atoms with Crippen LogP contribution in [-0.4, -0.2) is 61.6 Å². The molecule has 2 aliphatic rings. The number of benzene rings is 1. The summed E-state index contributed by atoms with van der Waals surface area (Å²) in [6.45, 7) is 10.6. The van der Waals surface area contributed by atoms with Crippen LogP contribution in [-0.2, 0) is 4.79 Å². The zero-order valence-electron chi connectivity index (χ0n) is 18.3. The van der Waals surface area contributed by atoms with Gasteiger partial charge in [0.05, 0.1) is 6.54 Å². The van der Waals surface area contributed by atoms with Gasteiger partial charge in [-0.15, -0.1) is 0 Å². The van der Waals surface area contributed by atoms with E-state index in [9.17, 15) is 4.79 Å². The van der Waals surface area contributed by atoms with Gasteiger partial charge in [-0.2, -0.15) is 0 Å². The molecule has 0 spiro atoms. The molecular formula is C23H37N5O. The Kier molecular flexibility index (Phi) is 7.78. The Hall–Kier alpha value is -2.24. The number of hydrogen-bond donors (Lipinski definition) is 2. The SMILES string of the molecule is CCNC(=NCCC(=O)N1CCCCC1C)NC1CCN(c2ccc(C)cc2)C1. The first kappa shape index (κ1) is 21.5. The molecule has 3 rings (SSSR count). The van der Waals surface area contributed by atoms with Gasteiger partial charge < -0.3 is 20.4 Å². The van der Waals surface area contributed by atoms with Crippen molar-refractivity contribution in [2.75, 3.05) is 37.6 Å². The monoisotopic (exact) mass is 399 g/mol. The lowest BCUT2D eigenvalue weighted by Gasteiger charge is -2.33. The van der Waals surface area contributed by atoms with Crippen LogP contribution in [0.3, 0.4) is 0 Å². The lowest BCUT2D eigenvalue weighted by molar-refractivity contribution is -0.134. The molecule has 2 N–H and O–H groups in total. The topological polar surface area (TPSA) is 60.0 Å². The number of carbonyl (C=O) groups is 1. The van der Waals surface area contributed by atoms with Crippen molar-refractivity contribution in [2.24, 2.45) is 4.99 Å². The van der Waals surface area contributed by atoms with Crippen LogP contribution < -0.4 is 15.5 Å². The maximum atomic E-state index is 12.5. The number of piperidine rings is 1. The smallest absolute Gasteiger partial charge is 0.224 e. The molecule has 2 aliphatic heterocycles. The van der Waals surface area contributed by atoms with Crippen molar-refractivity contribution in [3.05, 3.63) is 29.8 Å². The second-order valence-corrected chi connectivity index (χ2v) is 8.35. The Morgan fingerprint density at radius 2 is 1.97 bits per heavy atom. The molecule has 1 amide bonds. The standard InChI is InChI=1S/C23H37N5O/c1-4-24-23(25-14-12-22(29)28-15-6-5-7-19(28)3)26-20-13-16-27(17-20)21-10-8-18(2)9-11-21/h8-11,19-20H,4-7,12-17H2,1-3H3,(H2,24,25,26).